The Balaban J connectivity index is 2.75. The van der Waals surface area contributed by atoms with Gasteiger partial charge in [0.05, 0.1) is 19.3 Å². The van der Waals surface area contributed by atoms with E-state index in [0.29, 0.717) is 0 Å². The Bertz CT molecular complexity index is 288. The quantitative estimate of drug-likeness (QED) is 0.682. The fraction of sp³-hybridized carbons (Fsp3) is 0.500. The van der Waals surface area contributed by atoms with Gasteiger partial charge in [0.15, 0.2) is 0 Å². The summed E-state index contributed by atoms with van der Waals surface area (Å²) in [5.41, 5.74) is 0. The van der Waals surface area contributed by atoms with Gasteiger partial charge in [0.2, 0.25) is 16.5 Å². The monoisotopic (exact) mass is 238 g/mol. The van der Waals surface area contributed by atoms with E-state index < -0.39 is 6.04 Å². The van der Waals surface area contributed by atoms with Crippen LogP contribution in [0, 0.1) is 0 Å². The minimum Gasteiger partial charge on any atom is -0.394 e. The number of halogens is 2. The lowest BCUT2D eigenvalue weighted by Gasteiger charge is -2.12. The van der Waals surface area contributed by atoms with Crippen LogP contribution in [-0.2, 0) is 0 Å². The average Bonchev–Trinajstić information content (AvgIpc) is 2.12. The molecule has 78 valence electrons. The minimum absolute atomic E-state index is 0.0536. The number of aliphatic hydroxyl groups is 2. The van der Waals surface area contributed by atoms with Crippen LogP contribution in [0.3, 0.4) is 0 Å². The number of hydrogen-bond donors (Lipinski definition) is 3. The topological polar surface area (TPSA) is 91.2 Å². The molecular formula is C6H8Cl2N4O2. The molecule has 1 aromatic rings. The first-order valence-corrected chi connectivity index (χ1v) is 4.46. The molecule has 0 amide bonds. The van der Waals surface area contributed by atoms with Crippen molar-refractivity contribution in [3.63, 3.8) is 0 Å². The van der Waals surface area contributed by atoms with Gasteiger partial charge in [-0.3, -0.25) is 0 Å². The maximum absolute atomic E-state index is 8.77. The molecule has 0 unspecified atom stereocenters. The van der Waals surface area contributed by atoms with Gasteiger partial charge in [0.1, 0.15) is 0 Å². The van der Waals surface area contributed by atoms with Crippen LogP contribution in [0.5, 0.6) is 0 Å². The zero-order valence-corrected chi connectivity index (χ0v) is 8.50. The van der Waals surface area contributed by atoms with Crippen LogP contribution in [0.1, 0.15) is 0 Å². The molecule has 0 radical (unpaired) electrons. The number of nitrogens with one attached hydrogen (secondary N) is 1. The molecule has 1 heterocycles. The van der Waals surface area contributed by atoms with Crippen LogP contribution in [0.4, 0.5) is 5.95 Å². The highest BCUT2D eigenvalue weighted by atomic mass is 35.5. The van der Waals surface area contributed by atoms with E-state index in [4.69, 9.17) is 33.4 Å². The highest BCUT2D eigenvalue weighted by Crippen LogP contribution is 2.10. The molecule has 0 atom stereocenters. The third-order valence-corrected chi connectivity index (χ3v) is 1.69. The number of rotatable bonds is 4. The molecule has 1 aromatic heterocycles. The zero-order chi connectivity index (χ0) is 10.6. The normalized spacial score (nSPS) is 10.6. The van der Waals surface area contributed by atoms with Crippen molar-refractivity contribution < 1.29 is 10.2 Å². The summed E-state index contributed by atoms with van der Waals surface area (Å²) in [6.45, 7) is -0.505. The summed E-state index contributed by atoms with van der Waals surface area (Å²) in [7, 11) is 0. The average molecular weight is 239 g/mol. The summed E-state index contributed by atoms with van der Waals surface area (Å²) in [5.74, 6) is 0.114. The predicted molar refractivity (Wildman–Crippen MR) is 51.4 cm³/mol. The Kier molecular flexibility index (Phi) is 4.27. The zero-order valence-electron chi connectivity index (χ0n) is 6.98. The molecule has 6 nitrogen and oxygen atoms in total. The number of nitrogens with zero attached hydrogens (tertiary/aromatic N) is 3. The lowest BCUT2D eigenvalue weighted by Crippen LogP contribution is -2.28. The van der Waals surface area contributed by atoms with E-state index in [1.807, 2.05) is 0 Å². The number of anilines is 1. The van der Waals surface area contributed by atoms with Gasteiger partial charge in [0, 0.05) is 0 Å². The molecule has 0 aliphatic carbocycles. The van der Waals surface area contributed by atoms with Gasteiger partial charge in [-0.25, -0.2) is 0 Å². The first-order chi connectivity index (χ1) is 6.65. The van der Waals surface area contributed by atoms with Gasteiger partial charge in [-0.1, -0.05) is 0 Å². The molecule has 0 bridgehead atoms. The fourth-order valence-corrected chi connectivity index (χ4v) is 1.09. The van der Waals surface area contributed by atoms with Crippen molar-refractivity contribution in [1.82, 2.24) is 15.0 Å². The smallest absolute Gasteiger partial charge is 0.228 e. The maximum atomic E-state index is 8.77. The van der Waals surface area contributed by atoms with E-state index >= 15 is 0 Å². The second kappa shape index (κ2) is 5.26. The first-order valence-electron chi connectivity index (χ1n) is 3.71. The third kappa shape index (κ3) is 3.22. The summed E-state index contributed by atoms with van der Waals surface area (Å²) in [6, 6.07) is -0.551. The Morgan fingerprint density at radius 1 is 1.07 bits per heavy atom. The van der Waals surface area contributed by atoms with Crippen LogP contribution in [0.25, 0.3) is 0 Å². The first kappa shape index (κ1) is 11.4. The molecule has 0 saturated carbocycles. The summed E-state index contributed by atoms with van der Waals surface area (Å²) < 4.78 is 0. The number of hydrogen-bond acceptors (Lipinski definition) is 6. The van der Waals surface area contributed by atoms with Crippen molar-refractivity contribution in [3.8, 4) is 0 Å². The van der Waals surface area contributed by atoms with Gasteiger partial charge >= 0.3 is 0 Å². The second-order valence-electron chi connectivity index (χ2n) is 2.40. The summed E-state index contributed by atoms with van der Waals surface area (Å²) in [4.78, 5) is 10.9. The van der Waals surface area contributed by atoms with Crippen molar-refractivity contribution in [1.29, 1.82) is 0 Å². The lowest BCUT2D eigenvalue weighted by molar-refractivity contribution is 0.203. The largest absolute Gasteiger partial charge is 0.394 e. The van der Waals surface area contributed by atoms with Crippen LogP contribution in [0.15, 0.2) is 0 Å². The summed E-state index contributed by atoms with van der Waals surface area (Å²) in [5, 5.41) is 20.1. The van der Waals surface area contributed by atoms with Crippen LogP contribution in [-0.4, -0.2) is 44.4 Å². The Labute approximate surface area is 89.9 Å². The van der Waals surface area contributed by atoms with E-state index in [1.165, 1.54) is 0 Å². The number of aromatic nitrogens is 3. The molecule has 3 N–H and O–H groups in total. The standard InChI is InChI=1S/C6H8Cl2N4O2/c7-4-10-5(8)12-6(11-4)9-3(1-13)2-14/h3,13-14H,1-2H2,(H,9,10,11,12). The lowest BCUT2D eigenvalue weighted by atomic mass is 10.3. The van der Waals surface area contributed by atoms with E-state index in [9.17, 15) is 0 Å². The molecule has 0 saturated heterocycles. The highest BCUT2D eigenvalue weighted by molar-refractivity contribution is 6.31. The van der Waals surface area contributed by atoms with Gasteiger partial charge in [-0.2, -0.15) is 15.0 Å². The molecular weight excluding hydrogens is 231 g/mol. The van der Waals surface area contributed by atoms with Crippen molar-refractivity contribution in [3.05, 3.63) is 10.6 Å². The van der Waals surface area contributed by atoms with Gasteiger partial charge in [0.25, 0.3) is 0 Å². The Morgan fingerprint density at radius 2 is 1.57 bits per heavy atom. The SMILES string of the molecule is OCC(CO)Nc1nc(Cl)nc(Cl)n1. The maximum Gasteiger partial charge on any atom is 0.228 e. The van der Waals surface area contributed by atoms with Crippen molar-refractivity contribution >= 4 is 29.2 Å². The van der Waals surface area contributed by atoms with Gasteiger partial charge < -0.3 is 15.5 Å². The molecule has 0 spiro atoms. The number of aliphatic hydroxyl groups excluding tert-OH is 2. The van der Waals surface area contributed by atoms with Gasteiger partial charge in [-0.15, -0.1) is 0 Å². The summed E-state index contributed by atoms with van der Waals surface area (Å²) in [6.07, 6.45) is 0. The Morgan fingerprint density at radius 3 is 2.00 bits per heavy atom. The fourth-order valence-electron chi connectivity index (χ4n) is 0.722. The van der Waals surface area contributed by atoms with Crippen LogP contribution in [0.2, 0.25) is 10.6 Å². The van der Waals surface area contributed by atoms with E-state index in [1.54, 1.807) is 0 Å². The molecule has 0 aromatic carbocycles. The van der Waals surface area contributed by atoms with Crippen molar-refractivity contribution in [2.45, 2.75) is 6.04 Å². The molecule has 1 rings (SSSR count). The van der Waals surface area contributed by atoms with Crippen LogP contribution >= 0.6 is 23.2 Å². The third-order valence-electron chi connectivity index (χ3n) is 1.35. The molecule has 0 fully saturated rings. The van der Waals surface area contributed by atoms with Crippen LogP contribution < -0.4 is 5.32 Å². The van der Waals surface area contributed by atoms with E-state index in [0.717, 1.165) is 0 Å². The summed E-state index contributed by atoms with van der Waals surface area (Å²) >= 11 is 11.0. The van der Waals surface area contributed by atoms with Crippen molar-refractivity contribution in [2.75, 3.05) is 18.5 Å². The molecule has 14 heavy (non-hydrogen) atoms. The molecule has 0 aliphatic rings. The highest BCUT2D eigenvalue weighted by Gasteiger charge is 2.09. The van der Waals surface area contributed by atoms with E-state index in [-0.39, 0.29) is 29.7 Å². The second-order valence-corrected chi connectivity index (χ2v) is 3.08. The van der Waals surface area contributed by atoms with E-state index in [2.05, 4.69) is 20.3 Å². The molecule has 8 heteroatoms. The Hall–Kier alpha value is -0.690. The minimum atomic E-state index is -0.551. The van der Waals surface area contributed by atoms with Gasteiger partial charge in [-0.05, 0) is 23.2 Å². The predicted octanol–water partition coefficient (Wildman–Crippen LogP) is -0.0565. The molecule has 0 aliphatic heterocycles. The van der Waals surface area contributed by atoms with Crippen molar-refractivity contribution in [2.24, 2.45) is 0 Å².